The predicted molar refractivity (Wildman–Crippen MR) is 105 cm³/mol. The van der Waals surface area contributed by atoms with Crippen molar-refractivity contribution in [3.63, 3.8) is 0 Å². The minimum atomic E-state index is 0.708. The van der Waals surface area contributed by atoms with E-state index in [0.717, 1.165) is 39.0 Å². The number of rotatable bonds is 6. The highest BCUT2D eigenvalue weighted by molar-refractivity contribution is 5.64. The Morgan fingerprint density at radius 3 is 2.74 bits per heavy atom. The fraction of sp³-hybridized carbons (Fsp3) is 0.429. The van der Waals surface area contributed by atoms with Crippen LogP contribution in [0.4, 0.5) is 0 Å². The molecule has 3 heterocycles. The van der Waals surface area contributed by atoms with Crippen LogP contribution in [0.15, 0.2) is 42.9 Å². The lowest BCUT2D eigenvalue weighted by molar-refractivity contribution is 0.184. The predicted octanol–water partition coefficient (Wildman–Crippen LogP) is 2.53. The van der Waals surface area contributed by atoms with Gasteiger partial charge in [0.25, 0.3) is 0 Å². The molecule has 6 heteroatoms. The van der Waals surface area contributed by atoms with Crippen molar-refractivity contribution in [3.05, 3.63) is 59.8 Å². The molecule has 6 nitrogen and oxygen atoms in total. The van der Waals surface area contributed by atoms with E-state index in [1.807, 2.05) is 12.5 Å². The second kappa shape index (κ2) is 8.06. The summed E-state index contributed by atoms with van der Waals surface area (Å²) >= 11 is 0. The third kappa shape index (κ3) is 3.82. The third-order valence-corrected chi connectivity index (χ3v) is 5.34. The van der Waals surface area contributed by atoms with Crippen molar-refractivity contribution in [2.75, 3.05) is 26.8 Å². The molecule has 0 atom stereocenters. The number of benzene rings is 1. The van der Waals surface area contributed by atoms with Crippen molar-refractivity contribution in [1.82, 2.24) is 24.2 Å². The van der Waals surface area contributed by atoms with Crippen molar-refractivity contribution in [2.45, 2.75) is 25.9 Å². The van der Waals surface area contributed by atoms with Gasteiger partial charge in [0.1, 0.15) is 0 Å². The summed E-state index contributed by atoms with van der Waals surface area (Å²) < 4.78 is 9.45. The second-order valence-electron chi connectivity index (χ2n) is 7.11. The van der Waals surface area contributed by atoms with E-state index in [9.17, 15) is 0 Å². The maximum Gasteiger partial charge on any atom is 0.0949 e. The molecule has 1 aliphatic rings. The van der Waals surface area contributed by atoms with Crippen molar-refractivity contribution in [1.29, 1.82) is 0 Å². The van der Waals surface area contributed by atoms with Gasteiger partial charge in [-0.05, 0) is 6.42 Å². The van der Waals surface area contributed by atoms with E-state index in [-0.39, 0.29) is 0 Å². The van der Waals surface area contributed by atoms with Crippen molar-refractivity contribution >= 4 is 0 Å². The number of aromatic nitrogens is 4. The van der Waals surface area contributed by atoms with Gasteiger partial charge in [-0.3, -0.25) is 9.58 Å². The molecule has 142 valence electrons. The van der Waals surface area contributed by atoms with Gasteiger partial charge in [-0.1, -0.05) is 30.3 Å². The Kier molecular flexibility index (Phi) is 5.36. The van der Waals surface area contributed by atoms with Gasteiger partial charge in [0, 0.05) is 64.1 Å². The van der Waals surface area contributed by atoms with Crippen LogP contribution in [0, 0.1) is 0 Å². The van der Waals surface area contributed by atoms with Gasteiger partial charge in [0.2, 0.25) is 0 Å². The Bertz CT molecular complexity index is 883. The summed E-state index contributed by atoms with van der Waals surface area (Å²) in [5.74, 6) is 0. The smallest absolute Gasteiger partial charge is 0.0949 e. The molecule has 1 aromatic carbocycles. The first kappa shape index (κ1) is 17.9. The van der Waals surface area contributed by atoms with Crippen molar-refractivity contribution in [2.24, 2.45) is 7.05 Å². The summed E-state index contributed by atoms with van der Waals surface area (Å²) in [5.41, 5.74) is 6.40. The van der Waals surface area contributed by atoms with Crippen molar-refractivity contribution < 1.29 is 4.74 Å². The average Bonchev–Trinajstić information content (AvgIpc) is 3.20. The Labute approximate surface area is 160 Å². The molecule has 3 aromatic rings. The fourth-order valence-corrected chi connectivity index (χ4v) is 3.95. The fourth-order valence-electron chi connectivity index (χ4n) is 3.95. The molecule has 27 heavy (non-hydrogen) atoms. The van der Waals surface area contributed by atoms with E-state index in [1.165, 1.54) is 28.2 Å². The first-order chi connectivity index (χ1) is 13.3. The van der Waals surface area contributed by atoms with Crippen LogP contribution in [-0.4, -0.2) is 51.0 Å². The lowest BCUT2D eigenvalue weighted by atomic mass is 10.0. The summed E-state index contributed by atoms with van der Waals surface area (Å²) in [5, 5.41) is 4.83. The molecule has 0 radical (unpaired) electrons. The maximum absolute atomic E-state index is 5.21. The summed E-state index contributed by atoms with van der Waals surface area (Å²) in [6, 6.07) is 10.6. The molecule has 0 fully saturated rings. The SMILES string of the molecule is COCCn1cncc1CN1CCc2nn(C)c(-c3ccccc3)c2CC1. The van der Waals surface area contributed by atoms with E-state index in [2.05, 4.69) is 56.5 Å². The number of hydrogen-bond donors (Lipinski definition) is 0. The number of aryl methyl sites for hydroxylation is 1. The van der Waals surface area contributed by atoms with Crippen LogP contribution < -0.4 is 0 Å². The minimum absolute atomic E-state index is 0.708. The van der Waals surface area contributed by atoms with Gasteiger partial charge >= 0.3 is 0 Å². The Hall–Kier alpha value is -2.44. The molecule has 0 saturated carbocycles. The first-order valence-corrected chi connectivity index (χ1v) is 9.56. The van der Waals surface area contributed by atoms with Crippen LogP contribution >= 0.6 is 0 Å². The summed E-state index contributed by atoms with van der Waals surface area (Å²) in [4.78, 5) is 6.83. The molecule has 1 aliphatic heterocycles. The second-order valence-corrected chi connectivity index (χ2v) is 7.11. The standard InChI is InChI=1S/C21H27N5O/c1-24-21(17-6-4-3-5-7-17)19-8-10-25(11-9-20(19)23-24)15-18-14-22-16-26(18)12-13-27-2/h3-7,14,16H,8-13,15H2,1-2H3. The minimum Gasteiger partial charge on any atom is -0.383 e. The average molecular weight is 365 g/mol. The van der Waals surface area contributed by atoms with Crippen LogP contribution in [-0.2, 0) is 37.7 Å². The van der Waals surface area contributed by atoms with Crippen LogP contribution in [0.25, 0.3) is 11.3 Å². The van der Waals surface area contributed by atoms with Crippen LogP contribution in [0.5, 0.6) is 0 Å². The van der Waals surface area contributed by atoms with E-state index in [0.29, 0.717) is 6.61 Å². The highest BCUT2D eigenvalue weighted by Gasteiger charge is 2.22. The van der Waals surface area contributed by atoms with E-state index >= 15 is 0 Å². The molecule has 0 spiro atoms. The van der Waals surface area contributed by atoms with Crippen molar-refractivity contribution in [3.8, 4) is 11.3 Å². The Morgan fingerprint density at radius 2 is 1.93 bits per heavy atom. The number of imidazole rings is 1. The van der Waals surface area contributed by atoms with Gasteiger partial charge in [0.15, 0.2) is 0 Å². The monoisotopic (exact) mass is 365 g/mol. The molecule has 0 unspecified atom stereocenters. The van der Waals surface area contributed by atoms with E-state index in [4.69, 9.17) is 9.84 Å². The lowest BCUT2D eigenvalue weighted by Crippen LogP contribution is -2.27. The highest BCUT2D eigenvalue weighted by Crippen LogP contribution is 2.28. The quantitative estimate of drug-likeness (QED) is 0.674. The topological polar surface area (TPSA) is 48.1 Å². The Balaban J connectivity index is 1.50. The molecule has 0 N–H and O–H groups in total. The Morgan fingerprint density at radius 1 is 1.11 bits per heavy atom. The number of ether oxygens (including phenoxy) is 1. The zero-order valence-corrected chi connectivity index (χ0v) is 16.1. The maximum atomic E-state index is 5.21. The van der Waals surface area contributed by atoms with E-state index in [1.54, 1.807) is 7.11 Å². The zero-order chi connectivity index (χ0) is 18.6. The largest absolute Gasteiger partial charge is 0.383 e. The molecule has 0 bridgehead atoms. The molecule has 4 rings (SSSR count). The molecule has 2 aromatic heterocycles. The number of hydrogen-bond acceptors (Lipinski definition) is 4. The summed E-state index contributed by atoms with van der Waals surface area (Å²) in [6.07, 6.45) is 5.89. The molecular formula is C21H27N5O. The zero-order valence-electron chi connectivity index (χ0n) is 16.1. The normalized spacial score (nSPS) is 14.9. The van der Waals surface area contributed by atoms with Crippen LogP contribution in [0.3, 0.4) is 0 Å². The van der Waals surface area contributed by atoms with Gasteiger partial charge in [-0.15, -0.1) is 0 Å². The first-order valence-electron chi connectivity index (χ1n) is 9.56. The summed E-state index contributed by atoms with van der Waals surface area (Å²) in [7, 11) is 3.79. The summed E-state index contributed by atoms with van der Waals surface area (Å²) in [6.45, 7) is 4.53. The van der Waals surface area contributed by atoms with Gasteiger partial charge in [-0.25, -0.2) is 4.98 Å². The van der Waals surface area contributed by atoms with Crippen LogP contribution in [0.1, 0.15) is 17.0 Å². The van der Waals surface area contributed by atoms with E-state index < -0.39 is 0 Å². The number of methoxy groups -OCH3 is 1. The highest BCUT2D eigenvalue weighted by atomic mass is 16.5. The molecule has 0 saturated heterocycles. The van der Waals surface area contributed by atoms with Gasteiger partial charge in [-0.2, -0.15) is 5.10 Å². The molecule has 0 aliphatic carbocycles. The van der Waals surface area contributed by atoms with Gasteiger partial charge < -0.3 is 9.30 Å². The molecule has 0 amide bonds. The number of fused-ring (bicyclic) bond motifs is 1. The van der Waals surface area contributed by atoms with Gasteiger partial charge in [0.05, 0.1) is 30.0 Å². The third-order valence-electron chi connectivity index (χ3n) is 5.34. The molecular weight excluding hydrogens is 338 g/mol. The number of nitrogens with zero attached hydrogens (tertiary/aromatic N) is 5. The van der Waals surface area contributed by atoms with Crippen LogP contribution in [0.2, 0.25) is 0 Å². The lowest BCUT2D eigenvalue weighted by Gasteiger charge is -2.20.